The Balaban J connectivity index is 2.76. The summed E-state index contributed by atoms with van der Waals surface area (Å²) in [5.41, 5.74) is 0. The van der Waals surface area contributed by atoms with Gasteiger partial charge in [-0.05, 0) is 0 Å². The van der Waals surface area contributed by atoms with Gasteiger partial charge in [0.05, 0.1) is 6.54 Å². The quantitative estimate of drug-likeness (QED) is 0.632. The SMILES string of the molecule is CNC(=O)O[C@@H]1C[C@@H](C(=O)O)N(C(=O)C(C)CS)C1. The maximum absolute atomic E-state index is 12.0. The molecule has 0 spiro atoms. The van der Waals surface area contributed by atoms with Gasteiger partial charge in [-0.15, -0.1) is 0 Å². The number of nitrogens with zero attached hydrogens (tertiary/aromatic N) is 1. The minimum atomic E-state index is -1.09. The third-order valence-corrected chi connectivity index (χ3v) is 3.55. The molecule has 0 bridgehead atoms. The first-order chi connectivity index (χ1) is 8.90. The Hall–Kier alpha value is -1.44. The van der Waals surface area contributed by atoms with E-state index in [1.165, 1.54) is 11.9 Å². The molecule has 108 valence electrons. The lowest BCUT2D eigenvalue weighted by molar-refractivity contribution is -0.149. The number of ether oxygens (including phenoxy) is 1. The number of hydrogen-bond acceptors (Lipinski definition) is 5. The largest absolute Gasteiger partial charge is 0.480 e. The number of thiol groups is 1. The predicted octanol–water partition coefficient (Wildman–Crippen LogP) is -0.0376. The molecule has 0 radical (unpaired) electrons. The van der Waals surface area contributed by atoms with E-state index in [1.807, 2.05) is 0 Å². The Bertz CT molecular complexity index is 376. The van der Waals surface area contributed by atoms with Gasteiger partial charge < -0.3 is 20.1 Å². The summed E-state index contributed by atoms with van der Waals surface area (Å²) in [6.45, 7) is 1.78. The van der Waals surface area contributed by atoms with E-state index in [0.29, 0.717) is 5.75 Å². The van der Waals surface area contributed by atoms with Gasteiger partial charge >= 0.3 is 12.1 Å². The van der Waals surface area contributed by atoms with Crippen molar-refractivity contribution in [3.63, 3.8) is 0 Å². The molecule has 1 unspecified atom stereocenters. The topological polar surface area (TPSA) is 95.9 Å². The van der Waals surface area contributed by atoms with E-state index in [9.17, 15) is 14.4 Å². The first kappa shape index (κ1) is 15.6. The maximum atomic E-state index is 12.0. The third kappa shape index (κ3) is 3.76. The molecule has 2 amide bonds. The van der Waals surface area contributed by atoms with Crippen molar-refractivity contribution < 1.29 is 24.2 Å². The molecule has 0 saturated carbocycles. The van der Waals surface area contributed by atoms with Crippen LogP contribution in [0.1, 0.15) is 13.3 Å². The second-order valence-corrected chi connectivity index (χ2v) is 4.81. The first-order valence-corrected chi connectivity index (χ1v) is 6.56. The lowest BCUT2D eigenvalue weighted by Crippen LogP contribution is -2.43. The Labute approximate surface area is 116 Å². The molecule has 1 heterocycles. The molecule has 1 fully saturated rings. The molecule has 0 aromatic rings. The van der Waals surface area contributed by atoms with Crippen LogP contribution in [-0.4, -0.2) is 59.5 Å². The zero-order chi connectivity index (χ0) is 14.6. The normalized spacial score (nSPS) is 23.8. The van der Waals surface area contributed by atoms with Crippen LogP contribution in [0.4, 0.5) is 4.79 Å². The van der Waals surface area contributed by atoms with Crippen LogP contribution in [0.5, 0.6) is 0 Å². The van der Waals surface area contributed by atoms with Crippen LogP contribution in [0.3, 0.4) is 0 Å². The number of carbonyl (C=O) groups excluding carboxylic acids is 2. The molecule has 0 aromatic carbocycles. The molecule has 1 rings (SSSR count). The van der Waals surface area contributed by atoms with Gasteiger partial charge in [0.1, 0.15) is 12.1 Å². The van der Waals surface area contributed by atoms with Gasteiger partial charge in [-0.2, -0.15) is 12.6 Å². The van der Waals surface area contributed by atoms with Crippen LogP contribution >= 0.6 is 12.6 Å². The zero-order valence-electron chi connectivity index (χ0n) is 10.8. The van der Waals surface area contributed by atoms with Crippen molar-refractivity contribution in [1.82, 2.24) is 10.2 Å². The second-order valence-electron chi connectivity index (χ2n) is 4.44. The summed E-state index contributed by atoms with van der Waals surface area (Å²) in [5, 5.41) is 11.4. The summed E-state index contributed by atoms with van der Waals surface area (Å²) >= 11 is 4.03. The number of nitrogens with one attached hydrogen (secondary N) is 1. The molecule has 7 nitrogen and oxygen atoms in total. The summed E-state index contributed by atoms with van der Waals surface area (Å²) in [6.07, 6.45) is -1.13. The average Bonchev–Trinajstić information content (AvgIpc) is 2.80. The Morgan fingerprint density at radius 1 is 1.53 bits per heavy atom. The van der Waals surface area contributed by atoms with Crippen LogP contribution in [0.25, 0.3) is 0 Å². The number of rotatable bonds is 4. The lowest BCUT2D eigenvalue weighted by atomic mass is 10.1. The number of aliphatic carboxylic acids is 1. The van der Waals surface area contributed by atoms with Crippen molar-refractivity contribution in [2.75, 3.05) is 19.3 Å². The van der Waals surface area contributed by atoms with Crippen molar-refractivity contribution >= 4 is 30.6 Å². The van der Waals surface area contributed by atoms with Crippen LogP contribution in [0.2, 0.25) is 0 Å². The van der Waals surface area contributed by atoms with E-state index in [2.05, 4.69) is 17.9 Å². The summed E-state index contributed by atoms with van der Waals surface area (Å²) in [5.74, 6) is -1.42. The van der Waals surface area contributed by atoms with Crippen molar-refractivity contribution in [1.29, 1.82) is 0 Å². The molecule has 1 aliphatic rings. The fourth-order valence-corrected chi connectivity index (χ4v) is 2.09. The summed E-state index contributed by atoms with van der Waals surface area (Å²) in [4.78, 5) is 35.6. The van der Waals surface area contributed by atoms with Crippen molar-refractivity contribution in [2.45, 2.75) is 25.5 Å². The predicted molar refractivity (Wildman–Crippen MR) is 70.1 cm³/mol. The first-order valence-electron chi connectivity index (χ1n) is 5.93. The number of carbonyl (C=O) groups is 3. The van der Waals surface area contributed by atoms with E-state index < -0.39 is 24.2 Å². The fourth-order valence-electron chi connectivity index (χ4n) is 1.93. The maximum Gasteiger partial charge on any atom is 0.407 e. The molecule has 0 aromatic heterocycles. The van der Waals surface area contributed by atoms with Gasteiger partial charge in [0, 0.05) is 25.1 Å². The average molecular weight is 290 g/mol. The van der Waals surface area contributed by atoms with Crippen LogP contribution < -0.4 is 5.32 Å². The highest BCUT2D eigenvalue weighted by Crippen LogP contribution is 2.23. The highest BCUT2D eigenvalue weighted by molar-refractivity contribution is 7.80. The van der Waals surface area contributed by atoms with Crippen LogP contribution in [-0.2, 0) is 14.3 Å². The zero-order valence-corrected chi connectivity index (χ0v) is 11.7. The standard InChI is InChI=1S/C11H18N2O5S/c1-6(5-19)9(14)13-4-7(18-11(17)12-2)3-8(13)10(15)16/h6-8,19H,3-5H2,1-2H3,(H,12,17)(H,15,16)/t6?,7-,8+/m1/s1. The highest BCUT2D eigenvalue weighted by Gasteiger charge is 2.42. The van der Waals surface area contributed by atoms with Crippen LogP contribution in [0.15, 0.2) is 0 Å². The van der Waals surface area contributed by atoms with Gasteiger partial charge in [0.2, 0.25) is 5.91 Å². The molecule has 19 heavy (non-hydrogen) atoms. The fraction of sp³-hybridized carbons (Fsp3) is 0.727. The third-order valence-electron chi connectivity index (χ3n) is 3.00. The number of carboxylic acids is 1. The molecular formula is C11H18N2O5S. The number of amides is 2. The molecule has 8 heteroatoms. The van der Waals surface area contributed by atoms with E-state index in [1.54, 1.807) is 6.92 Å². The molecule has 0 aliphatic carbocycles. The Morgan fingerprint density at radius 2 is 2.16 bits per heavy atom. The van der Waals surface area contributed by atoms with E-state index in [-0.39, 0.29) is 24.8 Å². The van der Waals surface area contributed by atoms with E-state index >= 15 is 0 Å². The minimum Gasteiger partial charge on any atom is -0.480 e. The highest BCUT2D eigenvalue weighted by atomic mass is 32.1. The molecule has 1 aliphatic heterocycles. The summed E-state index contributed by atoms with van der Waals surface area (Å²) in [6, 6.07) is -0.954. The Kier molecular flexibility index (Phi) is 5.46. The molecule has 2 N–H and O–H groups in total. The summed E-state index contributed by atoms with van der Waals surface area (Å²) in [7, 11) is 1.41. The van der Waals surface area contributed by atoms with Crippen molar-refractivity contribution in [2.24, 2.45) is 5.92 Å². The monoisotopic (exact) mass is 290 g/mol. The lowest BCUT2D eigenvalue weighted by Gasteiger charge is -2.23. The smallest absolute Gasteiger partial charge is 0.407 e. The second kappa shape index (κ2) is 6.65. The summed E-state index contributed by atoms with van der Waals surface area (Å²) < 4.78 is 5.01. The number of hydrogen-bond donors (Lipinski definition) is 3. The van der Waals surface area contributed by atoms with Gasteiger partial charge in [-0.3, -0.25) is 4.79 Å². The van der Waals surface area contributed by atoms with Gasteiger partial charge in [-0.1, -0.05) is 6.92 Å². The molecular weight excluding hydrogens is 272 g/mol. The van der Waals surface area contributed by atoms with E-state index in [4.69, 9.17) is 9.84 Å². The molecule has 3 atom stereocenters. The van der Waals surface area contributed by atoms with Crippen LogP contribution in [0, 0.1) is 5.92 Å². The number of alkyl carbamates (subject to hydrolysis) is 1. The number of likely N-dealkylation sites (tertiary alicyclic amines) is 1. The van der Waals surface area contributed by atoms with Crippen molar-refractivity contribution in [3.8, 4) is 0 Å². The van der Waals surface area contributed by atoms with Gasteiger partial charge in [0.25, 0.3) is 0 Å². The van der Waals surface area contributed by atoms with E-state index in [0.717, 1.165) is 0 Å². The Morgan fingerprint density at radius 3 is 2.63 bits per heavy atom. The van der Waals surface area contributed by atoms with Crippen molar-refractivity contribution in [3.05, 3.63) is 0 Å². The minimum absolute atomic E-state index is 0.0985. The van der Waals surface area contributed by atoms with Gasteiger partial charge in [0.15, 0.2) is 0 Å². The molecule has 1 saturated heterocycles. The van der Waals surface area contributed by atoms with Gasteiger partial charge in [-0.25, -0.2) is 9.59 Å². The number of carboxylic acid groups (broad SMARTS) is 1.